The standard InChI is InChI=1S/C15H13Cl2NO/c16-12-5-4-8(6-13(12)17)11(7-18)15(19)14-9-2-1-3-10(9)14/h4-6,9-11,14H,1-3H2. The molecule has 3 atom stereocenters. The van der Waals surface area contributed by atoms with Gasteiger partial charge in [0.15, 0.2) is 5.78 Å². The molecule has 2 fully saturated rings. The Morgan fingerprint density at radius 3 is 2.53 bits per heavy atom. The van der Waals surface area contributed by atoms with E-state index in [2.05, 4.69) is 6.07 Å². The van der Waals surface area contributed by atoms with E-state index >= 15 is 0 Å². The fraction of sp³-hybridized carbons (Fsp3) is 0.467. The number of carbonyl (C=O) groups is 1. The SMILES string of the molecule is N#CC(C(=O)C1C2CCCC21)c1ccc(Cl)c(Cl)c1. The van der Waals surface area contributed by atoms with Crippen LogP contribution in [0.1, 0.15) is 30.7 Å². The lowest BCUT2D eigenvalue weighted by molar-refractivity contribution is -0.121. The largest absolute Gasteiger partial charge is 0.298 e. The molecule has 1 aromatic rings. The third-order valence-corrected chi connectivity index (χ3v) is 5.16. The molecule has 0 radical (unpaired) electrons. The van der Waals surface area contributed by atoms with Crippen molar-refractivity contribution in [2.24, 2.45) is 17.8 Å². The van der Waals surface area contributed by atoms with Crippen molar-refractivity contribution in [1.82, 2.24) is 0 Å². The molecule has 2 nitrogen and oxygen atoms in total. The van der Waals surface area contributed by atoms with Crippen molar-refractivity contribution in [3.63, 3.8) is 0 Å². The zero-order valence-corrected chi connectivity index (χ0v) is 11.8. The van der Waals surface area contributed by atoms with Crippen molar-refractivity contribution >= 4 is 29.0 Å². The summed E-state index contributed by atoms with van der Waals surface area (Å²) in [6.07, 6.45) is 3.50. The number of hydrogen-bond donors (Lipinski definition) is 0. The van der Waals surface area contributed by atoms with Crippen molar-refractivity contribution in [3.8, 4) is 6.07 Å². The number of nitriles is 1. The van der Waals surface area contributed by atoms with E-state index in [1.807, 2.05) is 0 Å². The van der Waals surface area contributed by atoms with E-state index in [1.54, 1.807) is 18.2 Å². The molecule has 3 unspecified atom stereocenters. The van der Waals surface area contributed by atoms with E-state index in [0.29, 0.717) is 27.4 Å². The summed E-state index contributed by atoms with van der Waals surface area (Å²) in [7, 11) is 0. The molecule has 0 aliphatic heterocycles. The highest BCUT2D eigenvalue weighted by molar-refractivity contribution is 6.42. The number of hydrogen-bond acceptors (Lipinski definition) is 2. The third kappa shape index (κ3) is 2.16. The lowest BCUT2D eigenvalue weighted by atomic mass is 9.91. The van der Waals surface area contributed by atoms with Crippen molar-refractivity contribution in [3.05, 3.63) is 33.8 Å². The van der Waals surface area contributed by atoms with Gasteiger partial charge in [-0.1, -0.05) is 35.7 Å². The van der Waals surface area contributed by atoms with Gasteiger partial charge in [-0.2, -0.15) is 5.26 Å². The van der Waals surface area contributed by atoms with E-state index in [1.165, 1.54) is 6.42 Å². The zero-order chi connectivity index (χ0) is 13.6. The van der Waals surface area contributed by atoms with Crippen LogP contribution >= 0.6 is 23.2 Å². The minimum atomic E-state index is -0.703. The predicted molar refractivity (Wildman–Crippen MR) is 74.1 cm³/mol. The summed E-state index contributed by atoms with van der Waals surface area (Å²) in [5, 5.41) is 10.1. The Morgan fingerprint density at radius 2 is 1.95 bits per heavy atom. The monoisotopic (exact) mass is 293 g/mol. The first-order valence-corrected chi connectivity index (χ1v) is 7.27. The van der Waals surface area contributed by atoms with Crippen molar-refractivity contribution < 1.29 is 4.79 Å². The minimum absolute atomic E-state index is 0.0654. The van der Waals surface area contributed by atoms with Gasteiger partial charge in [0, 0.05) is 5.92 Å². The topological polar surface area (TPSA) is 40.9 Å². The van der Waals surface area contributed by atoms with Gasteiger partial charge in [-0.15, -0.1) is 0 Å². The van der Waals surface area contributed by atoms with Crippen LogP contribution in [0.2, 0.25) is 10.0 Å². The highest BCUT2D eigenvalue weighted by atomic mass is 35.5. The number of Topliss-reactive ketones (excluding diaryl/α,β-unsaturated/α-hetero) is 1. The second-order valence-corrected chi connectivity index (χ2v) is 6.24. The molecule has 0 saturated heterocycles. The van der Waals surface area contributed by atoms with Gasteiger partial charge in [0.05, 0.1) is 16.1 Å². The summed E-state index contributed by atoms with van der Waals surface area (Å²) in [5.74, 6) is 0.533. The lowest BCUT2D eigenvalue weighted by Crippen LogP contribution is -2.15. The van der Waals surface area contributed by atoms with Gasteiger partial charge in [-0.05, 0) is 42.4 Å². The normalized spacial score (nSPS) is 29.4. The Labute approximate surface area is 122 Å². The van der Waals surface area contributed by atoms with Crippen LogP contribution in [0.4, 0.5) is 0 Å². The van der Waals surface area contributed by atoms with Gasteiger partial charge in [-0.3, -0.25) is 4.79 Å². The van der Waals surface area contributed by atoms with Crippen LogP contribution in [0.25, 0.3) is 0 Å². The third-order valence-electron chi connectivity index (χ3n) is 4.43. The molecule has 2 saturated carbocycles. The minimum Gasteiger partial charge on any atom is -0.298 e. The number of nitrogens with zero attached hydrogens (tertiary/aromatic N) is 1. The first-order chi connectivity index (χ1) is 9.13. The van der Waals surface area contributed by atoms with E-state index in [4.69, 9.17) is 23.2 Å². The Morgan fingerprint density at radius 1 is 1.26 bits per heavy atom. The highest BCUT2D eigenvalue weighted by Gasteiger charge is 2.57. The molecule has 98 valence electrons. The zero-order valence-electron chi connectivity index (χ0n) is 10.3. The molecule has 4 heteroatoms. The van der Waals surface area contributed by atoms with Gasteiger partial charge in [0.1, 0.15) is 5.92 Å². The average molecular weight is 294 g/mol. The van der Waals surface area contributed by atoms with Crippen molar-refractivity contribution in [1.29, 1.82) is 5.26 Å². The summed E-state index contributed by atoms with van der Waals surface area (Å²) in [6, 6.07) is 7.12. The van der Waals surface area contributed by atoms with Crippen molar-refractivity contribution in [2.75, 3.05) is 0 Å². The fourth-order valence-electron chi connectivity index (χ4n) is 3.43. The molecule has 0 aromatic heterocycles. The van der Waals surface area contributed by atoms with Gasteiger partial charge < -0.3 is 0 Å². The van der Waals surface area contributed by atoms with Gasteiger partial charge in [-0.25, -0.2) is 0 Å². The van der Waals surface area contributed by atoms with E-state index in [0.717, 1.165) is 12.8 Å². The van der Waals surface area contributed by atoms with Crippen LogP contribution in [-0.4, -0.2) is 5.78 Å². The van der Waals surface area contributed by atoms with E-state index in [9.17, 15) is 10.1 Å². The molecule has 19 heavy (non-hydrogen) atoms. The van der Waals surface area contributed by atoms with E-state index in [-0.39, 0.29) is 11.7 Å². The molecule has 0 amide bonds. The van der Waals surface area contributed by atoms with Crippen LogP contribution in [0, 0.1) is 29.1 Å². The first-order valence-electron chi connectivity index (χ1n) is 6.51. The summed E-state index contributed by atoms with van der Waals surface area (Å²) >= 11 is 11.8. The number of ketones is 1. The van der Waals surface area contributed by atoms with Gasteiger partial charge >= 0.3 is 0 Å². The summed E-state index contributed by atoms with van der Waals surface area (Å²) in [6.45, 7) is 0. The van der Waals surface area contributed by atoms with E-state index < -0.39 is 5.92 Å². The Hall–Kier alpha value is -1.04. The molecular formula is C15H13Cl2NO. The first kappa shape index (κ1) is 13.0. The van der Waals surface area contributed by atoms with Gasteiger partial charge in [0.2, 0.25) is 0 Å². The molecule has 0 bridgehead atoms. The maximum absolute atomic E-state index is 12.4. The fourth-order valence-corrected chi connectivity index (χ4v) is 3.74. The van der Waals surface area contributed by atoms with Crippen LogP contribution in [0.3, 0.4) is 0 Å². The Kier molecular flexibility index (Phi) is 3.28. The maximum atomic E-state index is 12.4. The van der Waals surface area contributed by atoms with Crippen LogP contribution < -0.4 is 0 Å². The van der Waals surface area contributed by atoms with Crippen LogP contribution in [-0.2, 0) is 4.79 Å². The molecule has 0 N–H and O–H groups in total. The average Bonchev–Trinajstić information content (AvgIpc) is 2.88. The molecular weight excluding hydrogens is 281 g/mol. The Balaban J connectivity index is 1.83. The second kappa shape index (κ2) is 4.81. The molecule has 0 heterocycles. The molecule has 3 rings (SSSR count). The number of benzene rings is 1. The number of halogens is 2. The van der Waals surface area contributed by atoms with Gasteiger partial charge in [0.25, 0.3) is 0 Å². The Bertz CT molecular complexity index is 568. The van der Waals surface area contributed by atoms with Crippen LogP contribution in [0.5, 0.6) is 0 Å². The molecule has 2 aliphatic rings. The lowest BCUT2D eigenvalue weighted by Gasteiger charge is -2.10. The van der Waals surface area contributed by atoms with Crippen LogP contribution in [0.15, 0.2) is 18.2 Å². The molecule has 2 aliphatic carbocycles. The summed E-state index contributed by atoms with van der Waals surface area (Å²) in [5.41, 5.74) is 0.659. The number of fused-ring (bicyclic) bond motifs is 1. The number of rotatable bonds is 3. The second-order valence-electron chi connectivity index (χ2n) is 5.42. The van der Waals surface area contributed by atoms with Crippen molar-refractivity contribution in [2.45, 2.75) is 25.2 Å². The number of carbonyl (C=O) groups excluding carboxylic acids is 1. The summed E-state index contributed by atoms with van der Waals surface area (Å²) in [4.78, 5) is 12.4. The summed E-state index contributed by atoms with van der Waals surface area (Å²) < 4.78 is 0. The molecule has 0 spiro atoms. The smallest absolute Gasteiger partial charge is 0.158 e. The highest BCUT2D eigenvalue weighted by Crippen LogP contribution is 2.59. The maximum Gasteiger partial charge on any atom is 0.158 e. The molecule has 1 aromatic carbocycles. The predicted octanol–water partition coefficient (Wildman–Crippen LogP) is 4.22. The quantitative estimate of drug-likeness (QED) is 0.837.